The highest BCUT2D eigenvalue weighted by atomic mass is 35.5. The summed E-state index contributed by atoms with van der Waals surface area (Å²) in [6.45, 7) is 4.93. The number of amides is 1. The molecule has 1 atom stereocenters. The van der Waals surface area contributed by atoms with Crippen molar-refractivity contribution in [1.82, 2.24) is 24.3 Å². The van der Waals surface area contributed by atoms with Gasteiger partial charge in [0.15, 0.2) is 23.0 Å². The fourth-order valence-electron chi connectivity index (χ4n) is 4.33. The van der Waals surface area contributed by atoms with Crippen molar-refractivity contribution in [3.63, 3.8) is 0 Å². The summed E-state index contributed by atoms with van der Waals surface area (Å²) >= 11 is 6.33. The van der Waals surface area contributed by atoms with Gasteiger partial charge in [-0.25, -0.2) is 27.5 Å². The van der Waals surface area contributed by atoms with Crippen LogP contribution in [0, 0.1) is 11.6 Å². The number of pyridine rings is 1. The number of anilines is 2. The van der Waals surface area contributed by atoms with Gasteiger partial charge in [0.25, 0.3) is 11.5 Å². The third kappa shape index (κ3) is 5.76. The third-order valence-corrected chi connectivity index (χ3v) is 6.95. The Morgan fingerprint density at radius 3 is 2.50 bits per heavy atom. The Hall–Kier alpha value is -5.08. The van der Waals surface area contributed by atoms with Gasteiger partial charge < -0.3 is 15.2 Å². The fourth-order valence-corrected chi connectivity index (χ4v) is 4.53. The van der Waals surface area contributed by atoms with Gasteiger partial charge in [0, 0.05) is 48.4 Å². The molecule has 0 saturated carbocycles. The minimum absolute atomic E-state index is 0.0473. The second-order valence-corrected chi connectivity index (χ2v) is 10.4. The van der Waals surface area contributed by atoms with Gasteiger partial charge in [0.1, 0.15) is 22.5 Å². The number of hydrogen-bond acceptors (Lipinski definition) is 8. The molecule has 228 valence electrons. The highest BCUT2D eigenvalue weighted by molar-refractivity contribution is 6.39. The summed E-state index contributed by atoms with van der Waals surface area (Å²) in [5.41, 5.74) is -1.93. The molecule has 0 aliphatic rings. The number of halogens is 3. The SMILES string of the molecule is CC(C)n1cc(C(=O)N(Cl)c2ccc(Oc3ccnc4[nH]nc(N[C@H](C)CO)c34)c(F)c2)c(=O)n(-c2ccc(F)cc2)c1=O. The normalized spacial score (nSPS) is 12.0. The predicted octanol–water partition coefficient (Wildman–Crippen LogP) is 4.52. The fraction of sp³-hybridized carbons (Fsp3) is 0.207. The lowest BCUT2D eigenvalue weighted by Crippen LogP contribution is -2.43. The molecule has 3 N–H and O–H groups in total. The average Bonchev–Trinajstić information content (AvgIpc) is 3.41. The summed E-state index contributed by atoms with van der Waals surface area (Å²) in [4.78, 5) is 44.1. The molecule has 5 rings (SSSR count). The Labute approximate surface area is 253 Å². The van der Waals surface area contributed by atoms with Gasteiger partial charge in [-0.1, -0.05) is 0 Å². The first-order chi connectivity index (χ1) is 21.0. The van der Waals surface area contributed by atoms with Crippen LogP contribution in [-0.2, 0) is 0 Å². The van der Waals surface area contributed by atoms with E-state index in [0.29, 0.717) is 21.3 Å². The molecular weight excluding hydrogens is 600 g/mol. The second-order valence-electron chi connectivity index (χ2n) is 10.1. The van der Waals surface area contributed by atoms with Crippen molar-refractivity contribution in [2.24, 2.45) is 0 Å². The molecule has 0 aliphatic carbocycles. The van der Waals surface area contributed by atoms with Crippen LogP contribution >= 0.6 is 11.8 Å². The van der Waals surface area contributed by atoms with E-state index in [0.717, 1.165) is 33.5 Å². The Kier molecular flexibility index (Phi) is 8.47. The van der Waals surface area contributed by atoms with Gasteiger partial charge in [-0.15, -0.1) is 0 Å². The van der Waals surface area contributed by atoms with E-state index in [1.165, 1.54) is 36.5 Å². The molecule has 3 heterocycles. The predicted molar refractivity (Wildman–Crippen MR) is 160 cm³/mol. The second kappa shape index (κ2) is 12.3. The van der Waals surface area contributed by atoms with Gasteiger partial charge in [0.2, 0.25) is 0 Å². The number of H-pyrrole nitrogens is 1. The molecule has 0 radical (unpaired) electrons. The number of ether oxygens (including phenoxy) is 1. The van der Waals surface area contributed by atoms with Crippen molar-refractivity contribution in [2.45, 2.75) is 32.9 Å². The summed E-state index contributed by atoms with van der Waals surface area (Å²) in [7, 11) is 0. The molecular formula is C29H26ClF2N7O5. The molecule has 0 spiro atoms. The van der Waals surface area contributed by atoms with E-state index in [1.807, 2.05) is 0 Å². The number of aromatic nitrogens is 5. The zero-order valence-corrected chi connectivity index (χ0v) is 24.3. The van der Waals surface area contributed by atoms with Crippen LogP contribution in [0.25, 0.3) is 16.7 Å². The van der Waals surface area contributed by atoms with Crippen LogP contribution in [0.3, 0.4) is 0 Å². The molecule has 0 unspecified atom stereocenters. The first-order valence-electron chi connectivity index (χ1n) is 13.3. The number of nitrogens with one attached hydrogen (secondary N) is 2. The van der Waals surface area contributed by atoms with Crippen molar-refractivity contribution in [1.29, 1.82) is 0 Å². The van der Waals surface area contributed by atoms with Crippen LogP contribution in [0.15, 0.2) is 70.5 Å². The number of carbonyl (C=O) groups excluding carboxylic acids is 1. The minimum Gasteiger partial charge on any atom is -0.453 e. The van der Waals surface area contributed by atoms with Crippen LogP contribution in [-0.4, -0.2) is 48.0 Å². The van der Waals surface area contributed by atoms with E-state index in [9.17, 15) is 23.9 Å². The monoisotopic (exact) mass is 625 g/mol. The van der Waals surface area contributed by atoms with Crippen molar-refractivity contribution in [2.75, 3.05) is 16.3 Å². The number of benzene rings is 2. The number of aliphatic hydroxyl groups excluding tert-OH is 1. The summed E-state index contributed by atoms with van der Waals surface area (Å²) in [5.74, 6) is -2.16. The van der Waals surface area contributed by atoms with Gasteiger partial charge >= 0.3 is 5.69 Å². The van der Waals surface area contributed by atoms with E-state index in [-0.39, 0.29) is 35.5 Å². The molecule has 0 aliphatic heterocycles. The maximum Gasteiger partial charge on any atom is 0.335 e. The molecule has 12 nitrogen and oxygen atoms in total. The largest absolute Gasteiger partial charge is 0.453 e. The molecule has 5 aromatic rings. The number of carbonyl (C=O) groups is 1. The maximum atomic E-state index is 15.3. The van der Waals surface area contributed by atoms with E-state index in [2.05, 4.69) is 20.5 Å². The molecule has 0 bridgehead atoms. The lowest BCUT2D eigenvalue weighted by molar-refractivity contribution is 0.100. The Bertz CT molecular complexity index is 1970. The van der Waals surface area contributed by atoms with Crippen LogP contribution in [0.1, 0.15) is 37.2 Å². The number of rotatable bonds is 9. The Morgan fingerprint density at radius 2 is 1.84 bits per heavy atom. The Balaban J connectivity index is 1.48. The standard InChI is InChI=1S/C29H26ClF2N7O5/c1-15(2)37-13-20(27(41)38(29(37)43)18-6-4-17(31)5-7-18)28(42)39(30)19-8-9-22(21(32)12-19)44-23-10-11-33-25-24(23)26(36-35-25)34-16(3)14-40/h4-13,15-16,40H,14H2,1-3H3,(H2,33,34,35,36)/t16-/m1/s1. The Morgan fingerprint density at radius 1 is 1.11 bits per heavy atom. The van der Waals surface area contributed by atoms with Gasteiger partial charge in [0.05, 0.1) is 18.0 Å². The number of aromatic amines is 1. The van der Waals surface area contributed by atoms with E-state index < -0.39 is 40.4 Å². The topological polar surface area (TPSA) is 147 Å². The van der Waals surface area contributed by atoms with E-state index >= 15 is 4.39 Å². The molecule has 15 heteroatoms. The van der Waals surface area contributed by atoms with Gasteiger partial charge in [-0.2, -0.15) is 5.10 Å². The van der Waals surface area contributed by atoms with Gasteiger partial charge in [-0.3, -0.25) is 19.3 Å². The zero-order chi connectivity index (χ0) is 31.7. The number of nitrogens with zero attached hydrogens (tertiary/aromatic N) is 5. The van der Waals surface area contributed by atoms with Crippen LogP contribution in [0.5, 0.6) is 11.5 Å². The van der Waals surface area contributed by atoms with Crippen molar-refractivity contribution in [3.8, 4) is 17.2 Å². The highest BCUT2D eigenvalue weighted by Gasteiger charge is 2.25. The number of hydrogen-bond donors (Lipinski definition) is 3. The summed E-state index contributed by atoms with van der Waals surface area (Å²) in [6.07, 6.45) is 2.53. The third-order valence-electron chi connectivity index (χ3n) is 6.61. The van der Waals surface area contributed by atoms with Crippen LogP contribution in [0.2, 0.25) is 0 Å². The quantitative estimate of drug-likeness (QED) is 0.203. The molecule has 44 heavy (non-hydrogen) atoms. The summed E-state index contributed by atoms with van der Waals surface area (Å²) < 4.78 is 37.1. The number of aliphatic hydroxyl groups is 1. The smallest absolute Gasteiger partial charge is 0.335 e. The molecule has 2 aromatic carbocycles. The summed E-state index contributed by atoms with van der Waals surface area (Å²) in [6, 6.07) is 8.82. The lowest BCUT2D eigenvalue weighted by atomic mass is 10.2. The van der Waals surface area contributed by atoms with Crippen LogP contribution in [0.4, 0.5) is 20.3 Å². The zero-order valence-electron chi connectivity index (χ0n) is 23.6. The average molecular weight is 626 g/mol. The first-order valence-corrected chi connectivity index (χ1v) is 13.7. The van der Waals surface area contributed by atoms with E-state index in [4.69, 9.17) is 16.5 Å². The lowest BCUT2D eigenvalue weighted by Gasteiger charge is -2.18. The molecule has 3 aromatic heterocycles. The summed E-state index contributed by atoms with van der Waals surface area (Å²) in [5, 5.41) is 19.7. The molecule has 0 saturated heterocycles. The van der Waals surface area contributed by atoms with E-state index in [1.54, 1.807) is 20.8 Å². The molecule has 0 fully saturated rings. The maximum absolute atomic E-state index is 15.3. The highest BCUT2D eigenvalue weighted by Crippen LogP contribution is 2.35. The van der Waals surface area contributed by atoms with Crippen molar-refractivity contribution in [3.05, 3.63) is 99.0 Å². The van der Waals surface area contributed by atoms with Crippen LogP contribution < -0.4 is 25.7 Å². The van der Waals surface area contributed by atoms with Gasteiger partial charge in [-0.05, 0) is 57.2 Å². The number of fused-ring (bicyclic) bond motifs is 1. The van der Waals surface area contributed by atoms with Crippen molar-refractivity contribution < 1.29 is 23.4 Å². The molecule has 1 amide bonds. The minimum atomic E-state index is -1.03. The first kappa shape index (κ1) is 30.4. The van der Waals surface area contributed by atoms with Crippen molar-refractivity contribution >= 4 is 40.2 Å².